The van der Waals surface area contributed by atoms with Gasteiger partial charge in [0, 0.05) is 23.9 Å². The van der Waals surface area contributed by atoms with Crippen molar-refractivity contribution in [2.45, 2.75) is 24.9 Å². The summed E-state index contributed by atoms with van der Waals surface area (Å²) in [6, 6.07) is 1.83. The SMILES string of the molecule is COc1ccncc1C1CCC1O. The largest absolute Gasteiger partial charge is 0.496 e. The maximum Gasteiger partial charge on any atom is 0.125 e. The van der Waals surface area contributed by atoms with Crippen molar-refractivity contribution in [1.82, 2.24) is 4.98 Å². The second-order valence-electron chi connectivity index (χ2n) is 3.37. The highest BCUT2D eigenvalue weighted by molar-refractivity contribution is 5.35. The van der Waals surface area contributed by atoms with E-state index in [2.05, 4.69) is 4.98 Å². The molecule has 2 unspecified atom stereocenters. The monoisotopic (exact) mass is 179 g/mol. The van der Waals surface area contributed by atoms with Gasteiger partial charge in [-0.2, -0.15) is 0 Å². The van der Waals surface area contributed by atoms with Gasteiger partial charge in [-0.05, 0) is 18.9 Å². The van der Waals surface area contributed by atoms with Crippen LogP contribution in [0.3, 0.4) is 0 Å². The average molecular weight is 179 g/mol. The number of aromatic nitrogens is 1. The number of pyridine rings is 1. The Hall–Kier alpha value is -1.09. The first-order chi connectivity index (χ1) is 6.33. The lowest BCUT2D eigenvalue weighted by Gasteiger charge is -2.33. The number of aliphatic hydroxyl groups excluding tert-OH is 1. The topological polar surface area (TPSA) is 42.4 Å². The molecule has 0 saturated heterocycles. The van der Waals surface area contributed by atoms with Gasteiger partial charge in [-0.15, -0.1) is 0 Å². The molecule has 1 aliphatic carbocycles. The maximum absolute atomic E-state index is 9.50. The van der Waals surface area contributed by atoms with Crippen molar-refractivity contribution in [2.75, 3.05) is 7.11 Å². The van der Waals surface area contributed by atoms with E-state index in [1.165, 1.54) is 0 Å². The molecule has 1 N–H and O–H groups in total. The fourth-order valence-electron chi connectivity index (χ4n) is 1.70. The van der Waals surface area contributed by atoms with Gasteiger partial charge in [0.2, 0.25) is 0 Å². The summed E-state index contributed by atoms with van der Waals surface area (Å²) < 4.78 is 5.20. The third kappa shape index (κ3) is 1.40. The third-order valence-electron chi connectivity index (χ3n) is 2.67. The fraction of sp³-hybridized carbons (Fsp3) is 0.500. The van der Waals surface area contributed by atoms with Gasteiger partial charge in [0.05, 0.1) is 13.2 Å². The number of ether oxygens (including phenoxy) is 1. The van der Waals surface area contributed by atoms with Crippen LogP contribution < -0.4 is 4.74 Å². The molecule has 1 saturated carbocycles. The Morgan fingerprint density at radius 3 is 2.92 bits per heavy atom. The van der Waals surface area contributed by atoms with Crippen molar-refractivity contribution in [1.29, 1.82) is 0 Å². The first-order valence-electron chi connectivity index (χ1n) is 4.49. The fourth-order valence-corrected chi connectivity index (χ4v) is 1.70. The minimum atomic E-state index is -0.210. The quantitative estimate of drug-likeness (QED) is 0.744. The van der Waals surface area contributed by atoms with Gasteiger partial charge in [0.25, 0.3) is 0 Å². The molecular weight excluding hydrogens is 166 g/mol. The van der Waals surface area contributed by atoms with Gasteiger partial charge in [0.1, 0.15) is 5.75 Å². The minimum Gasteiger partial charge on any atom is -0.496 e. The van der Waals surface area contributed by atoms with Crippen LogP contribution in [-0.2, 0) is 0 Å². The van der Waals surface area contributed by atoms with Crippen LogP contribution in [0.4, 0.5) is 0 Å². The lowest BCUT2D eigenvalue weighted by molar-refractivity contribution is 0.0647. The zero-order valence-corrected chi connectivity index (χ0v) is 7.60. The van der Waals surface area contributed by atoms with Gasteiger partial charge < -0.3 is 9.84 Å². The number of rotatable bonds is 2. The number of aliphatic hydroxyl groups is 1. The highest BCUT2D eigenvalue weighted by Gasteiger charge is 2.32. The number of hydrogen-bond acceptors (Lipinski definition) is 3. The summed E-state index contributed by atoms with van der Waals surface area (Å²) >= 11 is 0. The van der Waals surface area contributed by atoms with Crippen LogP contribution in [0.25, 0.3) is 0 Å². The van der Waals surface area contributed by atoms with Crippen LogP contribution in [0, 0.1) is 0 Å². The summed E-state index contributed by atoms with van der Waals surface area (Å²) in [4.78, 5) is 4.04. The average Bonchev–Trinajstić information content (AvgIpc) is 2.16. The van der Waals surface area contributed by atoms with E-state index in [4.69, 9.17) is 4.74 Å². The lowest BCUT2D eigenvalue weighted by Crippen LogP contribution is -2.29. The van der Waals surface area contributed by atoms with Crippen LogP contribution in [0.2, 0.25) is 0 Å². The zero-order valence-electron chi connectivity index (χ0n) is 7.60. The van der Waals surface area contributed by atoms with E-state index in [9.17, 15) is 5.11 Å². The van der Waals surface area contributed by atoms with E-state index in [-0.39, 0.29) is 12.0 Å². The Morgan fingerprint density at radius 1 is 1.54 bits per heavy atom. The van der Waals surface area contributed by atoms with Gasteiger partial charge in [-0.1, -0.05) is 0 Å². The van der Waals surface area contributed by atoms with Gasteiger partial charge in [-0.3, -0.25) is 4.98 Å². The number of nitrogens with zero attached hydrogens (tertiary/aromatic N) is 1. The van der Waals surface area contributed by atoms with Crippen molar-refractivity contribution in [3.05, 3.63) is 24.0 Å². The molecule has 3 nitrogen and oxygen atoms in total. The van der Waals surface area contributed by atoms with Crippen molar-refractivity contribution in [3.8, 4) is 5.75 Å². The smallest absolute Gasteiger partial charge is 0.125 e. The predicted molar refractivity (Wildman–Crippen MR) is 48.8 cm³/mol. The molecule has 2 atom stereocenters. The van der Waals surface area contributed by atoms with Crippen LogP contribution in [0.15, 0.2) is 18.5 Å². The Labute approximate surface area is 77.4 Å². The third-order valence-corrected chi connectivity index (χ3v) is 2.67. The first-order valence-corrected chi connectivity index (χ1v) is 4.49. The molecule has 0 aromatic carbocycles. The number of methoxy groups -OCH3 is 1. The van der Waals surface area contributed by atoms with Crippen LogP contribution in [0.5, 0.6) is 5.75 Å². The molecule has 0 radical (unpaired) electrons. The van der Waals surface area contributed by atoms with Crippen molar-refractivity contribution < 1.29 is 9.84 Å². The van der Waals surface area contributed by atoms with Crippen LogP contribution in [-0.4, -0.2) is 23.3 Å². The summed E-state index contributed by atoms with van der Waals surface area (Å²) in [6.45, 7) is 0. The molecule has 2 rings (SSSR count). The molecule has 70 valence electrons. The molecule has 0 spiro atoms. The van der Waals surface area contributed by atoms with E-state index in [1.807, 2.05) is 6.07 Å². The molecule has 0 amide bonds. The molecule has 1 heterocycles. The second-order valence-corrected chi connectivity index (χ2v) is 3.37. The zero-order chi connectivity index (χ0) is 9.26. The van der Waals surface area contributed by atoms with Crippen molar-refractivity contribution in [2.24, 2.45) is 0 Å². The summed E-state index contributed by atoms with van der Waals surface area (Å²) in [5.41, 5.74) is 1.03. The van der Waals surface area contributed by atoms with E-state index >= 15 is 0 Å². The molecule has 1 aromatic rings. The molecular formula is C10H13NO2. The molecule has 3 heteroatoms. The molecule has 0 aliphatic heterocycles. The van der Waals surface area contributed by atoms with Crippen molar-refractivity contribution in [3.63, 3.8) is 0 Å². The van der Waals surface area contributed by atoms with E-state index in [1.54, 1.807) is 19.5 Å². The van der Waals surface area contributed by atoms with E-state index in [0.717, 1.165) is 24.2 Å². The Kier molecular flexibility index (Phi) is 2.19. The summed E-state index contributed by atoms with van der Waals surface area (Å²) in [7, 11) is 1.64. The molecule has 0 bridgehead atoms. The van der Waals surface area contributed by atoms with Crippen molar-refractivity contribution >= 4 is 0 Å². The van der Waals surface area contributed by atoms with E-state index < -0.39 is 0 Å². The Morgan fingerprint density at radius 2 is 2.38 bits per heavy atom. The highest BCUT2D eigenvalue weighted by atomic mass is 16.5. The van der Waals surface area contributed by atoms with Crippen LogP contribution in [0.1, 0.15) is 24.3 Å². The normalized spacial score (nSPS) is 26.6. The number of hydrogen-bond donors (Lipinski definition) is 1. The highest BCUT2D eigenvalue weighted by Crippen LogP contribution is 2.40. The summed E-state index contributed by atoms with van der Waals surface area (Å²) in [6.07, 6.45) is 5.20. The molecule has 1 aliphatic rings. The Balaban J connectivity index is 2.28. The van der Waals surface area contributed by atoms with E-state index in [0.29, 0.717) is 0 Å². The first kappa shape index (κ1) is 8.51. The van der Waals surface area contributed by atoms with Gasteiger partial charge in [-0.25, -0.2) is 0 Å². The predicted octanol–water partition coefficient (Wildman–Crippen LogP) is 1.33. The second kappa shape index (κ2) is 3.34. The maximum atomic E-state index is 9.50. The minimum absolute atomic E-state index is 0.210. The summed E-state index contributed by atoms with van der Waals surface area (Å²) in [5.74, 6) is 1.06. The Bertz CT molecular complexity index is 301. The molecule has 1 aromatic heterocycles. The molecule has 1 fully saturated rings. The lowest BCUT2D eigenvalue weighted by atomic mass is 9.77. The standard InChI is InChI=1S/C10H13NO2/c1-13-10-4-5-11-6-8(10)7-2-3-9(7)12/h4-7,9,12H,2-3H2,1H3. The van der Waals surface area contributed by atoms with Gasteiger partial charge >= 0.3 is 0 Å². The van der Waals surface area contributed by atoms with Gasteiger partial charge in [0.15, 0.2) is 0 Å². The summed E-state index contributed by atoms with van der Waals surface area (Å²) in [5, 5.41) is 9.50. The van der Waals surface area contributed by atoms with Crippen LogP contribution >= 0.6 is 0 Å². The molecule has 13 heavy (non-hydrogen) atoms.